The van der Waals surface area contributed by atoms with E-state index in [9.17, 15) is 14.0 Å². The molecule has 0 aliphatic rings. The van der Waals surface area contributed by atoms with Crippen molar-refractivity contribution in [2.24, 2.45) is 0 Å². The minimum absolute atomic E-state index is 0.145. The van der Waals surface area contributed by atoms with E-state index in [4.69, 9.17) is 4.74 Å². The molecule has 0 aliphatic carbocycles. The van der Waals surface area contributed by atoms with Crippen LogP contribution in [-0.4, -0.2) is 36.4 Å². The standard InChI is InChI=1S/C21H25FN2O3/c1-3-27-20-11-7-6-10-19(20)23-21(26)13-15-24(16(2)25)14-12-17-8-4-5-9-18(17)22/h4-11H,3,12-15H2,1-2H3,(H,23,26). The molecule has 0 aromatic heterocycles. The number of nitrogens with one attached hydrogen (secondary N) is 1. The van der Waals surface area contributed by atoms with Crippen molar-refractivity contribution in [1.82, 2.24) is 4.90 Å². The van der Waals surface area contributed by atoms with Crippen LogP contribution < -0.4 is 10.1 Å². The van der Waals surface area contributed by atoms with Crippen molar-refractivity contribution in [1.29, 1.82) is 0 Å². The van der Waals surface area contributed by atoms with Gasteiger partial charge < -0.3 is 15.0 Å². The lowest BCUT2D eigenvalue weighted by Gasteiger charge is -2.21. The van der Waals surface area contributed by atoms with E-state index in [2.05, 4.69) is 5.32 Å². The van der Waals surface area contributed by atoms with Crippen molar-refractivity contribution in [2.45, 2.75) is 26.7 Å². The number of rotatable bonds is 9. The summed E-state index contributed by atoms with van der Waals surface area (Å²) in [6.45, 7) is 4.45. The molecular weight excluding hydrogens is 347 g/mol. The van der Waals surface area contributed by atoms with E-state index in [1.165, 1.54) is 13.0 Å². The van der Waals surface area contributed by atoms with Crippen LogP contribution >= 0.6 is 0 Å². The van der Waals surface area contributed by atoms with E-state index < -0.39 is 0 Å². The van der Waals surface area contributed by atoms with Crippen molar-refractivity contribution in [3.63, 3.8) is 0 Å². The smallest absolute Gasteiger partial charge is 0.226 e. The van der Waals surface area contributed by atoms with E-state index in [0.717, 1.165) is 0 Å². The van der Waals surface area contributed by atoms with Crippen LogP contribution in [0.1, 0.15) is 25.8 Å². The summed E-state index contributed by atoms with van der Waals surface area (Å²) in [6, 6.07) is 13.7. The van der Waals surface area contributed by atoms with E-state index in [-0.39, 0.29) is 30.6 Å². The first-order valence-electron chi connectivity index (χ1n) is 9.02. The molecule has 6 heteroatoms. The number of carbonyl (C=O) groups is 2. The van der Waals surface area contributed by atoms with Gasteiger partial charge in [-0.05, 0) is 37.1 Å². The van der Waals surface area contributed by atoms with Gasteiger partial charge in [0.25, 0.3) is 0 Å². The Balaban J connectivity index is 1.89. The maximum Gasteiger partial charge on any atom is 0.226 e. The fourth-order valence-electron chi connectivity index (χ4n) is 2.68. The summed E-state index contributed by atoms with van der Waals surface area (Å²) in [4.78, 5) is 25.7. The molecule has 2 rings (SSSR count). The second-order valence-corrected chi connectivity index (χ2v) is 6.07. The summed E-state index contributed by atoms with van der Waals surface area (Å²) in [6.07, 6.45) is 0.554. The predicted octanol–water partition coefficient (Wildman–Crippen LogP) is 3.64. The Morgan fingerprint density at radius 1 is 1.07 bits per heavy atom. The van der Waals surface area contributed by atoms with Crippen LogP contribution in [-0.2, 0) is 16.0 Å². The maximum atomic E-state index is 13.7. The second kappa shape index (κ2) is 10.3. The Hall–Kier alpha value is -2.89. The summed E-state index contributed by atoms with van der Waals surface area (Å²) in [7, 11) is 0. The van der Waals surface area contributed by atoms with Gasteiger partial charge in [0.1, 0.15) is 11.6 Å². The quantitative estimate of drug-likeness (QED) is 0.731. The number of hydrogen-bond donors (Lipinski definition) is 1. The third kappa shape index (κ3) is 6.40. The van der Waals surface area contributed by atoms with Gasteiger partial charge in [0, 0.05) is 26.4 Å². The van der Waals surface area contributed by atoms with Crippen LogP contribution in [0.15, 0.2) is 48.5 Å². The van der Waals surface area contributed by atoms with E-state index in [1.54, 1.807) is 35.2 Å². The first-order valence-corrected chi connectivity index (χ1v) is 9.02. The summed E-state index contributed by atoms with van der Waals surface area (Å²) in [5.41, 5.74) is 1.16. The van der Waals surface area contributed by atoms with Crippen LogP contribution in [0.4, 0.5) is 10.1 Å². The van der Waals surface area contributed by atoms with Crippen LogP contribution in [0, 0.1) is 5.82 Å². The SMILES string of the molecule is CCOc1ccccc1NC(=O)CCN(CCc1ccccc1F)C(C)=O. The fourth-order valence-corrected chi connectivity index (χ4v) is 2.68. The van der Waals surface area contributed by atoms with Crippen LogP contribution in [0.3, 0.4) is 0 Å². The Kier molecular flexibility index (Phi) is 7.79. The van der Waals surface area contributed by atoms with Gasteiger partial charge in [-0.3, -0.25) is 9.59 Å². The number of hydrogen-bond acceptors (Lipinski definition) is 3. The van der Waals surface area contributed by atoms with Gasteiger partial charge in [0.15, 0.2) is 0 Å². The number of amides is 2. The Labute approximate surface area is 159 Å². The molecule has 0 radical (unpaired) electrons. The highest BCUT2D eigenvalue weighted by Crippen LogP contribution is 2.23. The Morgan fingerprint density at radius 3 is 2.48 bits per heavy atom. The number of nitrogens with zero attached hydrogens (tertiary/aromatic N) is 1. The highest BCUT2D eigenvalue weighted by atomic mass is 19.1. The zero-order valence-electron chi connectivity index (χ0n) is 15.7. The molecule has 2 aromatic carbocycles. The van der Waals surface area contributed by atoms with Crippen molar-refractivity contribution in [2.75, 3.05) is 25.0 Å². The largest absolute Gasteiger partial charge is 0.492 e. The summed E-state index contributed by atoms with van der Waals surface area (Å²) in [5, 5.41) is 2.81. The molecule has 2 amide bonds. The third-order valence-corrected chi connectivity index (χ3v) is 4.12. The average Bonchev–Trinajstić information content (AvgIpc) is 2.64. The van der Waals surface area contributed by atoms with E-state index in [0.29, 0.717) is 36.6 Å². The normalized spacial score (nSPS) is 10.3. The number of para-hydroxylation sites is 2. The summed E-state index contributed by atoms with van der Waals surface area (Å²) in [5.74, 6) is -0.0317. The average molecular weight is 372 g/mol. The molecule has 1 N–H and O–H groups in total. The van der Waals surface area contributed by atoms with Crippen molar-refractivity contribution in [3.05, 3.63) is 59.9 Å². The molecule has 0 aliphatic heterocycles. The Morgan fingerprint density at radius 2 is 1.78 bits per heavy atom. The number of benzene rings is 2. The zero-order chi connectivity index (χ0) is 19.6. The van der Waals surface area contributed by atoms with Crippen molar-refractivity contribution >= 4 is 17.5 Å². The van der Waals surface area contributed by atoms with E-state index >= 15 is 0 Å². The first kappa shape index (κ1) is 20.4. The van der Waals surface area contributed by atoms with Crippen LogP contribution in [0.25, 0.3) is 0 Å². The van der Waals surface area contributed by atoms with Crippen LogP contribution in [0.5, 0.6) is 5.75 Å². The van der Waals surface area contributed by atoms with Crippen molar-refractivity contribution < 1.29 is 18.7 Å². The highest BCUT2D eigenvalue weighted by molar-refractivity contribution is 5.92. The first-order chi connectivity index (χ1) is 13.0. The minimum atomic E-state index is -0.286. The molecule has 144 valence electrons. The van der Waals surface area contributed by atoms with Gasteiger partial charge in [-0.1, -0.05) is 30.3 Å². The molecule has 0 fully saturated rings. The van der Waals surface area contributed by atoms with Crippen LogP contribution in [0.2, 0.25) is 0 Å². The number of ether oxygens (including phenoxy) is 1. The van der Waals surface area contributed by atoms with Crippen molar-refractivity contribution in [3.8, 4) is 5.75 Å². The molecule has 0 saturated carbocycles. The molecular formula is C21H25FN2O3. The zero-order valence-corrected chi connectivity index (χ0v) is 15.7. The molecule has 0 atom stereocenters. The second-order valence-electron chi connectivity index (χ2n) is 6.07. The summed E-state index contributed by atoms with van der Waals surface area (Å²) < 4.78 is 19.2. The molecule has 0 spiro atoms. The summed E-state index contributed by atoms with van der Waals surface area (Å²) >= 11 is 0. The molecule has 0 saturated heterocycles. The predicted molar refractivity (Wildman–Crippen MR) is 103 cm³/mol. The molecule has 0 bridgehead atoms. The van der Waals surface area contributed by atoms with Gasteiger partial charge in [0.2, 0.25) is 11.8 Å². The van der Waals surface area contributed by atoms with Gasteiger partial charge in [-0.2, -0.15) is 0 Å². The van der Waals surface area contributed by atoms with E-state index in [1.807, 2.05) is 19.1 Å². The topological polar surface area (TPSA) is 58.6 Å². The molecule has 0 heterocycles. The molecule has 27 heavy (non-hydrogen) atoms. The van der Waals surface area contributed by atoms with Gasteiger partial charge in [-0.25, -0.2) is 4.39 Å². The lowest BCUT2D eigenvalue weighted by molar-refractivity contribution is -0.129. The molecule has 0 unspecified atom stereocenters. The molecule has 2 aromatic rings. The highest BCUT2D eigenvalue weighted by Gasteiger charge is 2.13. The number of carbonyl (C=O) groups excluding carboxylic acids is 2. The monoisotopic (exact) mass is 372 g/mol. The fraction of sp³-hybridized carbons (Fsp3) is 0.333. The number of anilines is 1. The Bertz CT molecular complexity index is 780. The third-order valence-electron chi connectivity index (χ3n) is 4.12. The number of halogens is 1. The lowest BCUT2D eigenvalue weighted by atomic mass is 10.1. The van der Waals surface area contributed by atoms with Gasteiger partial charge >= 0.3 is 0 Å². The maximum absolute atomic E-state index is 13.7. The molecule has 5 nitrogen and oxygen atoms in total. The van der Waals surface area contributed by atoms with Gasteiger partial charge in [0.05, 0.1) is 12.3 Å². The lowest BCUT2D eigenvalue weighted by Crippen LogP contribution is -2.33. The minimum Gasteiger partial charge on any atom is -0.492 e. The van der Waals surface area contributed by atoms with Gasteiger partial charge in [-0.15, -0.1) is 0 Å².